The van der Waals surface area contributed by atoms with Gasteiger partial charge >= 0.3 is 5.97 Å². The Labute approximate surface area is 75.9 Å². The highest BCUT2D eigenvalue weighted by Gasteiger charge is 2.32. The monoisotopic (exact) mass is 193 g/mol. The topological polar surface area (TPSA) is 66.4 Å². The quantitative estimate of drug-likeness (QED) is 0.643. The summed E-state index contributed by atoms with van der Waals surface area (Å²) in [6, 6.07) is 0. The van der Waals surface area contributed by atoms with E-state index in [2.05, 4.69) is 5.32 Å². The van der Waals surface area contributed by atoms with Gasteiger partial charge in [-0.05, 0) is 13.3 Å². The van der Waals surface area contributed by atoms with E-state index in [1.54, 1.807) is 6.92 Å². The van der Waals surface area contributed by atoms with Crippen LogP contribution in [0, 0.1) is 0 Å². The Bertz CT molecular complexity index is 195. The highest BCUT2D eigenvalue weighted by Crippen LogP contribution is 2.08. The molecule has 0 saturated heterocycles. The van der Waals surface area contributed by atoms with Crippen molar-refractivity contribution in [2.75, 3.05) is 5.88 Å². The molecule has 1 amide bonds. The molecule has 0 spiro atoms. The predicted molar refractivity (Wildman–Crippen MR) is 45.2 cm³/mol. The first-order valence-corrected chi connectivity index (χ1v) is 4.10. The largest absolute Gasteiger partial charge is 0.480 e. The minimum absolute atomic E-state index is 0.219. The lowest BCUT2D eigenvalue weighted by atomic mass is 9.99. The van der Waals surface area contributed by atoms with E-state index in [1.165, 1.54) is 6.92 Å². The SMILES string of the molecule is CC[C@](C)(NC(=O)CCl)C(=O)O. The number of carboxylic acid groups (broad SMARTS) is 1. The zero-order chi connectivity index (χ0) is 9.78. The zero-order valence-corrected chi connectivity index (χ0v) is 7.81. The highest BCUT2D eigenvalue weighted by atomic mass is 35.5. The second kappa shape index (κ2) is 4.30. The summed E-state index contributed by atoms with van der Waals surface area (Å²) < 4.78 is 0. The van der Waals surface area contributed by atoms with E-state index in [1.807, 2.05) is 0 Å². The molecule has 70 valence electrons. The molecular weight excluding hydrogens is 182 g/mol. The molecule has 0 aliphatic rings. The number of carbonyl (C=O) groups excluding carboxylic acids is 1. The molecule has 1 atom stereocenters. The molecule has 12 heavy (non-hydrogen) atoms. The molecule has 0 aromatic carbocycles. The second-order valence-electron chi connectivity index (χ2n) is 2.67. The number of nitrogens with one attached hydrogen (secondary N) is 1. The van der Waals surface area contributed by atoms with Gasteiger partial charge in [0.2, 0.25) is 5.91 Å². The number of halogens is 1. The maximum atomic E-state index is 10.8. The van der Waals surface area contributed by atoms with Crippen molar-refractivity contribution in [1.29, 1.82) is 0 Å². The molecule has 0 aliphatic heterocycles. The summed E-state index contributed by atoms with van der Waals surface area (Å²) in [5.41, 5.74) is -1.20. The summed E-state index contributed by atoms with van der Waals surface area (Å²) >= 11 is 5.21. The van der Waals surface area contributed by atoms with Crippen molar-refractivity contribution in [2.24, 2.45) is 0 Å². The van der Waals surface area contributed by atoms with Gasteiger partial charge in [0.05, 0.1) is 0 Å². The van der Waals surface area contributed by atoms with Gasteiger partial charge in [-0.2, -0.15) is 0 Å². The van der Waals surface area contributed by atoms with Crippen molar-refractivity contribution in [2.45, 2.75) is 25.8 Å². The van der Waals surface area contributed by atoms with Crippen LogP contribution < -0.4 is 5.32 Å². The summed E-state index contributed by atoms with van der Waals surface area (Å²) in [5, 5.41) is 11.0. The molecule has 0 aromatic heterocycles. The molecule has 0 aromatic rings. The number of alkyl halides is 1. The molecule has 0 aliphatic carbocycles. The Hall–Kier alpha value is -0.770. The lowest BCUT2D eigenvalue weighted by Crippen LogP contribution is -2.52. The first-order valence-electron chi connectivity index (χ1n) is 3.56. The minimum atomic E-state index is -1.20. The third-order valence-electron chi connectivity index (χ3n) is 1.72. The first-order chi connectivity index (χ1) is 5.46. The van der Waals surface area contributed by atoms with Crippen LogP contribution in [0.2, 0.25) is 0 Å². The molecule has 0 rings (SSSR count). The van der Waals surface area contributed by atoms with Crippen molar-refractivity contribution in [3.05, 3.63) is 0 Å². The molecule has 0 heterocycles. The lowest BCUT2D eigenvalue weighted by Gasteiger charge is -2.23. The maximum absolute atomic E-state index is 10.8. The highest BCUT2D eigenvalue weighted by molar-refractivity contribution is 6.27. The van der Waals surface area contributed by atoms with E-state index in [0.717, 1.165) is 0 Å². The fourth-order valence-corrected chi connectivity index (χ4v) is 0.701. The van der Waals surface area contributed by atoms with Crippen molar-refractivity contribution in [1.82, 2.24) is 5.32 Å². The molecule has 4 nitrogen and oxygen atoms in total. The number of carbonyl (C=O) groups is 2. The maximum Gasteiger partial charge on any atom is 0.329 e. The Morgan fingerprint density at radius 1 is 1.58 bits per heavy atom. The van der Waals surface area contributed by atoms with E-state index in [9.17, 15) is 9.59 Å². The Morgan fingerprint density at radius 3 is 2.33 bits per heavy atom. The average molecular weight is 194 g/mol. The van der Waals surface area contributed by atoms with Gasteiger partial charge in [-0.25, -0.2) is 4.79 Å². The van der Waals surface area contributed by atoms with Crippen LogP contribution in [0.4, 0.5) is 0 Å². The molecular formula is C7H12ClNO3. The van der Waals surface area contributed by atoms with Gasteiger partial charge in [-0.1, -0.05) is 6.92 Å². The second-order valence-corrected chi connectivity index (χ2v) is 2.94. The summed E-state index contributed by atoms with van der Waals surface area (Å²) in [5.74, 6) is -1.74. The fraction of sp³-hybridized carbons (Fsp3) is 0.714. The number of aliphatic carboxylic acids is 1. The molecule has 2 N–H and O–H groups in total. The van der Waals surface area contributed by atoms with Crippen LogP contribution in [0.5, 0.6) is 0 Å². The van der Waals surface area contributed by atoms with Crippen LogP contribution >= 0.6 is 11.6 Å². The molecule has 0 saturated carbocycles. The van der Waals surface area contributed by atoms with Crippen molar-refractivity contribution < 1.29 is 14.7 Å². The van der Waals surface area contributed by atoms with Crippen LogP contribution in [0.3, 0.4) is 0 Å². The van der Waals surface area contributed by atoms with Crippen LogP contribution in [0.25, 0.3) is 0 Å². The lowest BCUT2D eigenvalue weighted by molar-refractivity contribution is -0.146. The summed E-state index contributed by atoms with van der Waals surface area (Å²) in [6.07, 6.45) is 0.324. The molecule has 0 fully saturated rings. The van der Waals surface area contributed by atoms with Gasteiger partial charge in [-0.15, -0.1) is 11.6 Å². The number of hydrogen-bond acceptors (Lipinski definition) is 2. The number of carboxylic acids is 1. The van der Waals surface area contributed by atoms with Gasteiger partial charge in [0, 0.05) is 0 Å². The van der Waals surface area contributed by atoms with Gasteiger partial charge < -0.3 is 10.4 Å². The van der Waals surface area contributed by atoms with Gasteiger partial charge in [0.1, 0.15) is 11.4 Å². The van der Waals surface area contributed by atoms with E-state index >= 15 is 0 Å². The standard InChI is InChI=1S/C7H12ClNO3/c1-3-7(2,6(11)12)9-5(10)4-8/h3-4H2,1-2H3,(H,9,10)(H,11,12)/t7-/m0/s1. The summed E-state index contributed by atoms with van der Waals surface area (Å²) in [6.45, 7) is 3.13. The normalized spacial score (nSPS) is 14.9. The van der Waals surface area contributed by atoms with Gasteiger partial charge in [0.25, 0.3) is 0 Å². The zero-order valence-electron chi connectivity index (χ0n) is 7.06. The molecule has 0 radical (unpaired) electrons. The third-order valence-corrected chi connectivity index (χ3v) is 1.96. The average Bonchev–Trinajstić information content (AvgIpc) is 2.03. The van der Waals surface area contributed by atoms with E-state index in [-0.39, 0.29) is 5.88 Å². The Morgan fingerprint density at radius 2 is 2.08 bits per heavy atom. The summed E-state index contributed by atoms with van der Waals surface area (Å²) in [4.78, 5) is 21.4. The first kappa shape index (κ1) is 11.2. The number of hydrogen-bond donors (Lipinski definition) is 2. The fourth-order valence-electron chi connectivity index (χ4n) is 0.634. The molecule has 0 bridgehead atoms. The Kier molecular flexibility index (Phi) is 4.03. The summed E-state index contributed by atoms with van der Waals surface area (Å²) in [7, 11) is 0. The number of amides is 1. The van der Waals surface area contributed by atoms with Crippen molar-refractivity contribution in [3.63, 3.8) is 0 Å². The van der Waals surface area contributed by atoms with Crippen LogP contribution in [-0.4, -0.2) is 28.4 Å². The predicted octanol–water partition coefficient (Wildman–Crippen LogP) is 0.595. The van der Waals surface area contributed by atoms with E-state index in [0.29, 0.717) is 6.42 Å². The van der Waals surface area contributed by atoms with E-state index < -0.39 is 17.4 Å². The van der Waals surface area contributed by atoms with Crippen LogP contribution in [-0.2, 0) is 9.59 Å². The number of rotatable bonds is 4. The van der Waals surface area contributed by atoms with E-state index in [4.69, 9.17) is 16.7 Å². The third kappa shape index (κ3) is 2.70. The van der Waals surface area contributed by atoms with Gasteiger partial charge in [-0.3, -0.25) is 4.79 Å². The van der Waals surface area contributed by atoms with Crippen molar-refractivity contribution in [3.8, 4) is 0 Å². The Balaban J connectivity index is 4.34. The van der Waals surface area contributed by atoms with Crippen LogP contribution in [0.15, 0.2) is 0 Å². The van der Waals surface area contributed by atoms with Gasteiger partial charge in [0.15, 0.2) is 0 Å². The van der Waals surface area contributed by atoms with Crippen molar-refractivity contribution >= 4 is 23.5 Å². The smallest absolute Gasteiger partial charge is 0.329 e. The molecule has 5 heteroatoms. The minimum Gasteiger partial charge on any atom is -0.480 e. The van der Waals surface area contributed by atoms with Crippen LogP contribution in [0.1, 0.15) is 20.3 Å². The molecule has 0 unspecified atom stereocenters.